The molecule has 1 amide bonds. The number of aliphatic hydroxyl groups excluding tert-OH is 12. The van der Waals surface area contributed by atoms with Crippen LogP contribution >= 0.6 is 0 Å². The van der Waals surface area contributed by atoms with Gasteiger partial charge >= 0.3 is 17.9 Å². The fraction of sp³-hybridized carbons (Fsp3) is 0.475. The van der Waals surface area contributed by atoms with Gasteiger partial charge in [-0.3, -0.25) is 34.3 Å². The number of esters is 2. The monoisotopic (exact) mass is 1620 g/mol. The fourth-order valence-corrected chi connectivity index (χ4v) is 13.7. The van der Waals surface area contributed by atoms with E-state index in [1.165, 1.54) is 84.6 Å². The number of aromatic nitrogens is 1. The summed E-state index contributed by atoms with van der Waals surface area (Å²) < 4.78 is 11.7. The molecule has 1 aromatic heterocycles. The van der Waals surface area contributed by atoms with E-state index in [0.29, 0.717) is 33.2 Å². The van der Waals surface area contributed by atoms with E-state index in [-0.39, 0.29) is 88.1 Å². The second kappa shape index (κ2) is 41.7. The molecule has 0 saturated carbocycles. The van der Waals surface area contributed by atoms with E-state index in [4.69, 9.17) is 9.47 Å². The number of carboxylic acid groups (broad SMARTS) is 1. The Morgan fingerprint density at radius 3 is 1.85 bits per heavy atom. The summed E-state index contributed by atoms with van der Waals surface area (Å²) in [5.41, 5.74) is 2.22. The second-order valence-corrected chi connectivity index (χ2v) is 29.3. The van der Waals surface area contributed by atoms with Gasteiger partial charge in [0.15, 0.2) is 35.7 Å². The number of ether oxygens (including phenoxy) is 2. The average molecular weight is 1630 g/mol. The molecule has 4 aliphatic rings. The first kappa shape index (κ1) is 88.4. The number of benzene rings is 4. The second-order valence-electron chi connectivity index (χ2n) is 29.3. The zero-order chi connectivity index (χ0) is 84.7. The highest BCUT2D eigenvalue weighted by molar-refractivity contribution is 5.98. The summed E-state index contributed by atoms with van der Waals surface area (Å²) in [6, 6.07) is 0.742. The smallest absolute Gasteiger partial charge is 0.321 e. The van der Waals surface area contributed by atoms with Crippen molar-refractivity contribution in [3.05, 3.63) is 126 Å². The third-order valence-electron chi connectivity index (χ3n) is 19.8. The molecule has 0 radical (unpaired) electrons. The first-order valence-corrected chi connectivity index (χ1v) is 38.3. The lowest BCUT2D eigenvalue weighted by Gasteiger charge is -2.27. The van der Waals surface area contributed by atoms with Crippen molar-refractivity contribution in [2.45, 2.75) is 209 Å². The third-order valence-corrected chi connectivity index (χ3v) is 19.8. The largest absolute Gasteiger partial charge is 0.508 e. The van der Waals surface area contributed by atoms with Gasteiger partial charge in [-0.05, 0) is 135 Å². The minimum Gasteiger partial charge on any atom is -0.508 e. The molecule has 628 valence electrons. The Bertz CT molecular complexity index is 4650. The Hall–Kier alpha value is -12.5. The van der Waals surface area contributed by atoms with Crippen molar-refractivity contribution in [1.82, 2.24) is 15.2 Å². The quantitative estimate of drug-likeness (QED) is 0.0217. The zero-order valence-corrected chi connectivity index (χ0v) is 64.8. The summed E-state index contributed by atoms with van der Waals surface area (Å²) in [6.45, 7) is 3.26. The van der Waals surface area contributed by atoms with E-state index >= 15 is 14.4 Å². The molecule has 14 unspecified atom stereocenters. The predicted octanol–water partition coefficient (Wildman–Crippen LogP) is 7.43. The SMILES string of the molecule is CC(O)=NC(Cc1ccc(O)cc1)C(O)=NC(CO)C(O)=NC1C(O)=NC(CC(C)C)C(O)=NC2CCCCN=C(O)CCC(NC(Cc3ccc(O)cc3)C(=O)O)C(=O)C3CCC(=O)OCC(N=C(O)C4CCCN4C(=O)C(Cc4ccc(O)cc4)N=C2O)C(O)=NC(CC(=O)OC1C)C(O)=NC(Cc1c[nH]c2ccccc12)C(O)=N3. The maximum atomic E-state index is 15.6. The van der Waals surface area contributed by atoms with Crippen LogP contribution in [0.4, 0.5) is 0 Å². The van der Waals surface area contributed by atoms with E-state index in [1.54, 1.807) is 44.3 Å². The molecule has 1 fully saturated rings. The molecule has 5 aromatic rings. The Kier molecular flexibility index (Phi) is 31.5. The number of carboxylic acids is 1. The van der Waals surface area contributed by atoms with E-state index in [2.05, 4.69) is 65.2 Å². The molecule has 0 aliphatic carbocycles. The number of aliphatic hydroxyl groups is 12. The van der Waals surface area contributed by atoms with E-state index in [0.717, 1.165) is 6.92 Å². The number of para-hydroxylation sites is 1. The average Bonchev–Trinajstić information content (AvgIpc) is 1.71. The van der Waals surface area contributed by atoms with E-state index < -0.39 is 237 Å². The molecule has 0 spiro atoms. The lowest BCUT2D eigenvalue weighted by molar-refractivity contribution is -0.148. The molecular formula is C80H100N14O23. The minimum atomic E-state index is -2.22. The normalized spacial score (nSPS) is 25.1. The Morgan fingerprint density at radius 2 is 1.19 bits per heavy atom. The number of amides is 1. The predicted molar refractivity (Wildman–Crippen MR) is 435 cm³/mol. The number of aliphatic imine (C=N–C) groups is 11. The van der Waals surface area contributed by atoms with Crippen molar-refractivity contribution >= 4 is 105 Å². The molecular weight excluding hydrogens is 1520 g/mol. The number of aromatic hydroxyl groups is 3. The number of phenolic OH excluding ortho intramolecular Hbond substituents is 3. The topological polar surface area (TPSA) is 595 Å². The van der Waals surface area contributed by atoms with Crippen molar-refractivity contribution < 1.29 is 115 Å². The number of carbonyl (C=O) groups excluding carboxylic acids is 4. The lowest BCUT2D eigenvalue weighted by Crippen LogP contribution is -2.51. The number of phenols is 3. The number of cyclic esters (lactones) is 1. The zero-order valence-electron chi connectivity index (χ0n) is 64.8. The van der Waals surface area contributed by atoms with Crippen molar-refractivity contribution in [2.75, 3.05) is 26.3 Å². The van der Waals surface area contributed by atoms with Gasteiger partial charge in [-0.15, -0.1) is 0 Å². The molecule has 5 heterocycles. The van der Waals surface area contributed by atoms with Gasteiger partial charge in [0.2, 0.25) is 59.0 Å². The summed E-state index contributed by atoms with van der Waals surface area (Å²) in [5.74, 6) is -17.0. The molecule has 4 aromatic carbocycles. The number of nitrogens with zero attached hydrogens (tertiary/aromatic N) is 12. The molecule has 37 nitrogen and oxygen atoms in total. The van der Waals surface area contributed by atoms with Gasteiger partial charge in [0, 0.05) is 69.2 Å². The molecule has 14 atom stereocenters. The summed E-state index contributed by atoms with van der Waals surface area (Å²) in [7, 11) is 0. The Balaban J connectivity index is 1.29. The van der Waals surface area contributed by atoms with Crippen molar-refractivity contribution in [3.63, 3.8) is 0 Å². The minimum absolute atomic E-state index is 0.0195. The van der Waals surface area contributed by atoms with Gasteiger partial charge in [0.1, 0.15) is 84.3 Å². The lowest BCUT2D eigenvalue weighted by atomic mass is 9.95. The molecule has 117 heavy (non-hydrogen) atoms. The summed E-state index contributed by atoms with van der Waals surface area (Å²) in [5, 5.41) is 189. The highest BCUT2D eigenvalue weighted by Gasteiger charge is 2.41. The van der Waals surface area contributed by atoms with Gasteiger partial charge in [-0.1, -0.05) is 68.4 Å². The van der Waals surface area contributed by atoms with Crippen LogP contribution < -0.4 is 5.32 Å². The Labute approximate surface area is 671 Å². The van der Waals surface area contributed by atoms with Crippen LogP contribution in [0.1, 0.15) is 121 Å². The molecule has 4 bridgehead atoms. The van der Waals surface area contributed by atoms with Gasteiger partial charge in [0.25, 0.3) is 0 Å². The van der Waals surface area contributed by atoms with Crippen molar-refractivity contribution in [1.29, 1.82) is 0 Å². The number of hydrogen-bond acceptors (Lipinski definition) is 23. The van der Waals surface area contributed by atoms with Crippen LogP contribution in [0.3, 0.4) is 0 Å². The van der Waals surface area contributed by atoms with Crippen LogP contribution in [0.5, 0.6) is 17.2 Å². The maximum absolute atomic E-state index is 15.6. The molecule has 9 rings (SSSR count). The number of carbonyl (C=O) groups is 5. The number of H-pyrrole nitrogens is 1. The van der Waals surface area contributed by atoms with Gasteiger partial charge in [-0.25, -0.2) is 49.9 Å². The van der Waals surface area contributed by atoms with E-state index in [9.17, 15) is 91.3 Å². The van der Waals surface area contributed by atoms with Crippen LogP contribution in [0, 0.1) is 5.92 Å². The number of nitrogens with one attached hydrogen (secondary N) is 2. The van der Waals surface area contributed by atoms with Crippen molar-refractivity contribution in [2.24, 2.45) is 60.8 Å². The standard InChI is InChI=1S/C80H100N14O23/c1-41(2)32-56-71(105)86-55-12-7-8-30-81-65(100)28-26-53(84-61(80(114)115)35-46-18-24-50(99)25-19-46)69(103)54-27-29-66(101)116-40-63(92-77(111)64-13-9-31-94(64)79(113)60(90-70(55)104)34-45-16-22-49(98)23-17-45)76(110)88-59(74(108)87-58(73(107)85-54)36-47-38-82-52-11-6-5-10-51(47)52)37-67(102)117-42(3)68(78(112)89-56)93-75(109)62(39-95)91-72(106)57(83-43(4)96)33-44-14-20-48(97)21-15-44/h5-6,10-11,14-25,38,41-42,53-64,68,82,84,95,97-99H,7-9,12-13,26-37,39-40H2,1-4H3,(H,81,100)(H,83,96)(H,85,107)(H,86,105)(H,87,108)(H,88,110)(H,89,112)(H,90,104)(H,91,106)(H,92,111)(H,93,109)(H,114,115). The number of fused-ring (bicyclic) bond motifs is 10. The maximum Gasteiger partial charge on any atom is 0.321 e. The molecule has 37 heteroatoms. The van der Waals surface area contributed by atoms with Crippen LogP contribution in [-0.4, -0.2) is 297 Å². The highest BCUT2D eigenvalue weighted by atomic mass is 16.5. The van der Waals surface area contributed by atoms with Crippen LogP contribution in [0.25, 0.3) is 10.9 Å². The first-order chi connectivity index (χ1) is 55.8. The number of rotatable bonds is 19. The van der Waals surface area contributed by atoms with Crippen LogP contribution in [0.15, 0.2) is 158 Å². The highest BCUT2D eigenvalue weighted by Crippen LogP contribution is 2.28. The summed E-state index contributed by atoms with van der Waals surface area (Å²) in [4.78, 5) is 126. The number of aromatic amines is 1. The number of hydrogen-bond donors (Lipinski definition) is 18. The third kappa shape index (κ3) is 25.5. The summed E-state index contributed by atoms with van der Waals surface area (Å²) in [6.07, 6.45) is -5.19. The number of Topliss-reactive ketones (excluding diaryl/α,β-unsaturated/α-hetero) is 1. The number of aliphatic carboxylic acids is 1. The van der Waals surface area contributed by atoms with Gasteiger partial charge < -0.3 is 101 Å². The first-order valence-electron chi connectivity index (χ1n) is 38.3. The van der Waals surface area contributed by atoms with Gasteiger partial charge in [-0.2, -0.15) is 0 Å². The summed E-state index contributed by atoms with van der Waals surface area (Å²) >= 11 is 0. The van der Waals surface area contributed by atoms with Gasteiger partial charge in [0.05, 0.1) is 19.1 Å². The number of ketones is 1. The van der Waals surface area contributed by atoms with E-state index in [1.807, 2.05) is 0 Å². The Morgan fingerprint density at radius 1 is 0.590 bits per heavy atom. The molecule has 1 saturated heterocycles. The van der Waals surface area contributed by atoms with Crippen molar-refractivity contribution in [3.8, 4) is 17.2 Å². The fourth-order valence-electron chi connectivity index (χ4n) is 13.7. The molecule has 18 N–H and O–H groups in total. The van der Waals surface area contributed by atoms with Crippen LogP contribution in [-0.2, 0) is 59.1 Å². The van der Waals surface area contributed by atoms with Crippen LogP contribution in [0.2, 0.25) is 0 Å². The molecule has 4 aliphatic heterocycles.